The second kappa shape index (κ2) is 6.00. The van der Waals surface area contributed by atoms with Crippen LogP contribution in [0.2, 0.25) is 0 Å². The number of thiocarbonyl (C=S) groups is 1. The summed E-state index contributed by atoms with van der Waals surface area (Å²) in [5.74, 6) is 0. The maximum absolute atomic E-state index is 5.92. The molecule has 0 saturated carbocycles. The monoisotopic (exact) mass is 353 g/mol. The van der Waals surface area contributed by atoms with Crippen LogP contribution in [-0.2, 0) is 0 Å². The SMILES string of the molecule is NC(=S)c1c(Br)cccc1N1CCN2CCCCC2C1. The number of hydrogen-bond acceptors (Lipinski definition) is 3. The van der Waals surface area contributed by atoms with E-state index in [1.807, 2.05) is 6.07 Å². The summed E-state index contributed by atoms with van der Waals surface area (Å²) < 4.78 is 0.994. The lowest BCUT2D eigenvalue weighted by atomic mass is 9.98. The number of piperidine rings is 1. The zero-order valence-electron chi connectivity index (χ0n) is 11.5. The smallest absolute Gasteiger partial charge is 0.107 e. The maximum Gasteiger partial charge on any atom is 0.107 e. The van der Waals surface area contributed by atoms with E-state index in [4.69, 9.17) is 18.0 Å². The number of piperazine rings is 1. The third-order valence-electron chi connectivity index (χ3n) is 4.42. The molecular weight excluding hydrogens is 334 g/mol. The summed E-state index contributed by atoms with van der Waals surface area (Å²) in [6.07, 6.45) is 4.02. The molecule has 1 unspecified atom stereocenters. The van der Waals surface area contributed by atoms with Crippen LogP contribution in [0.3, 0.4) is 0 Å². The van der Waals surface area contributed by atoms with Gasteiger partial charge < -0.3 is 10.6 Å². The number of fused-ring (bicyclic) bond motifs is 1. The number of nitrogens with two attached hydrogens (primary N) is 1. The van der Waals surface area contributed by atoms with Gasteiger partial charge in [-0.15, -0.1) is 0 Å². The van der Waals surface area contributed by atoms with E-state index in [2.05, 4.69) is 37.9 Å². The molecule has 1 atom stereocenters. The third kappa shape index (κ3) is 2.71. The summed E-state index contributed by atoms with van der Waals surface area (Å²) in [7, 11) is 0. The fraction of sp³-hybridized carbons (Fsp3) is 0.533. The molecule has 2 saturated heterocycles. The third-order valence-corrected chi connectivity index (χ3v) is 5.28. The van der Waals surface area contributed by atoms with Crippen molar-refractivity contribution in [1.29, 1.82) is 0 Å². The normalized spacial score (nSPS) is 23.4. The predicted octanol–water partition coefficient (Wildman–Crippen LogP) is 2.76. The standard InChI is InChI=1S/C15H20BrN3S/c16-12-5-3-6-13(14(12)15(17)20)19-9-8-18-7-2-1-4-11(18)10-19/h3,5-6,11H,1-2,4,7-10H2,(H2,17,20). The molecule has 2 fully saturated rings. The molecular formula is C15H20BrN3S. The first-order chi connectivity index (χ1) is 9.66. The van der Waals surface area contributed by atoms with Gasteiger partial charge in [0.15, 0.2) is 0 Å². The van der Waals surface area contributed by atoms with Crippen molar-refractivity contribution < 1.29 is 0 Å². The number of benzene rings is 1. The highest BCUT2D eigenvalue weighted by molar-refractivity contribution is 9.10. The molecule has 0 radical (unpaired) electrons. The lowest BCUT2D eigenvalue weighted by Gasteiger charge is -2.45. The largest absolute Gasteiger partial charge is 0.389 e. The van der Waals surface area contributed by atoms with E-state index in [-0.39, 0.29) is 0 Å². The summed E-state index contributed by atoms with van der Waals surface area (Å²) in [6, 6.07) is 6.90. The second-order valence-electron chi connectivity index (χ2n) is 5.63. The van der Waals surface area contributed by atoms with Crippen molar-refractivity contribution in [1.82, 2.24) is 4.90 Å². The minimum atomic E-state index is 0.471. The van der Waals surface area contributed by atoms with Crippen LogP contribution < -0.4 is 10.6 Å². The highest BCUT2D eigenvalue weighted by atomic mass is 79.9. The van der Waals surface area contributed by atoms with Crippen molar-refractivity contribution >= 4 is 38.8 Å². The molecule has 1 aromatic carbocycles. The van der Waals surface area contributed by atoms with Crippen molar-refractivity contribution in [2.75, 3.05) is 31.1 Å². The Balaban J connectivity index is 1.86. The first-order valence-corrected chi connectivity index (χ1v) is 8.44. The molecule has 0 bridgehead atoms. The van der Waals surface area contributed by atoms with Gasteiger partial charge in [0.2, 0.25) is 0 Å². The highest BCUT2D eigenvalue weighted by Gasteiger charge is 2.30. The lowest BCUT2D eigenvalue weighted by molar-refractivity contribution is 0.133. The first kappa shape index (κ1) is 14.3. The summed E-state index contributed by atoms with van der Waals surface area (Å²) in [5.41, 5.74) is 8.07. The molecule has 3 rings (SSSR count). The van der Waals surface area contributed by atoms with Crippen LogP contribution in [0.15, 0.2) is 22.7 Å². The second-order valence-corrected chi connectivity index (χ2v) is 6.92. The van der Waals surface area contributed by atoms with Gasteiger partial charge in [0, 0.05) is 41.4 Å². The van der Waals surface area contributed by atoms with E-state index in [0.29, 0.717) is 11.0 Å². The fourth-order valence-electron chi connectivity index (χ4n) is 3.39. The summed E-state index contributed by atoms with van der Waals surface area (Å²) in [5, 5.41) is 0. The van der Waals surface area contributed by atoms with Gasteiger partial charge in [-0.3, -0.25) is 4.90 Å². The van der Waals surface area contributed by atoms with Crippen molar-refractivity contribution in [2.45, 2.75) is 25.3 Å². The Bertz CT molecular complexity index is 520. The number of rotatable bonds is 2. The molecule has 20 heavy (non-hydrogen) atoms. The number of anilines is 1. The Kier molecular flexibility index (Phi) is 4.29. The van der Waals surface area contributed by atoms with Crippen molar-refractivity contribution in [3.63, 3.8) is 0 Å². The molecule has 2 N–H and O–H groups in total. The topological polar surface area (TPSA) is 32.5 Å². The molecule has 0 amide bonds. The predicted molar refractivity (Wildman–Crippen MR) is 91.5 cm³/mol. The van der Waals surface area contributed by atoms with Gasteiger partial charge in [-0.25, -0.2) is 0 Å². The Hall–Kier alpha value is -0.650. The number of halogens is 1. The van der Waals surface area contributed by atoms with Gasteiger partial charge in [0.05, 0.1) is 0 Å². The molecule has 2 aliphatic rings. The van der Waals surface area contributed by atoms with Gasteiger partial charge in [-0.1, -0.05) is 24.7 Å². The molecule has 108 valence electrons. The van der Waals surface area contributed by atoms with Gasteiger partial charge in [0.25, 0.3) is 0 Å². The van der Waals surface area contributed by atoms with Crippen molar-refractivity contribution in [3.05, 3.63) is 28.2 Å². The Morgan fingerprint density at radius 2 is 2.10 bits per heavy atom. The molecule has 1 aromatic rings. The van der Waals surface area contributed by atoms with E-state index < -0.39 is 0 Å². The van der Waals surface area contributed by atoms with Crippen LogP contribution in [0.25, 0.3) is 0 Å². The van der Waals surface area contributed by atoms with Crippen LogP contribution in [-0.4, -0.2) is 42.1 Å². The Labute approximate surface area is 134 Å². The van der Waals surface area contributed by atoms with E-state index in [9.17, 15) is 0 Å². The summed E-state index contributed by atoms with van der Waals surface area (Å²) in [6.45, 7) is 4.56. The zero-order valence-corrected chi connectivity index (χ0v) is 13.9. The maximum atomic E-state index is 5.92. The van der Waals surface area contributed by atoms with Crippen LogP contribution in [0.4, 0.5) is 5.69 Å². The Morgan fingerprint density at radius 3 is 2.90 bits per heavy atom. The number of hydrogen-bond donors (Lipinski definition) is 1. The fourth-order valence-corrected chi connectivity index (χ4v) is 4.31. The molecule has 2 heterocycles. The zero-order chi connectivity index (χ0) is 14.1. The van der Waals surface area contributed by atoms with Gasteiger partial charge in [-0.2, -0.15) is 0 Å². The molecule has 0 aliphatic carbocycles. The average Bonchev–Trinajstić information content (AvgIpc) is 2.46. The average molecular weight is 354 g/mol. The molecule has 0 aromatic heterocycles. The van der Waals surface area contributed by atoms with Crippen molar-refractivity contribution in [2.24, 2.45) is 5.73 Å². The molecule has 3 nitrogen and oxygen atoms in total. The highest BCUT2D eigenvalue weighted by Crippen LogP contribution is 2.31. The summed E-state index contributed by atoms with van der Waals surface area (Å²) >= 11 is 8.81. The quantitative estimate of drug-likeness (QED) is 0.828. The summed E-state index contributed by atoms with van der Waals surface area (Å²) in [4.78, 5) is 5.56. The van der Waals surface area contributed by atoms with Crippen molar-refractivity contribution in [3.8, 4) is 0 Å². The molecule has 5 heteroatoms. The van der Waals surface area contributed by atoms with Crippen LogP contribution in [0, 0.1) is 0 Å². The van der Waals surface area contributed by atoms with Crippen LogP contribution >= 0.6 is 28.1 Å². The minimum Gasteiger partial charge on any atom is -0.389 e. The molecule has 2 aliphatic heterocycles. The van der Waals surface area contributed by atoms with E-state index in [1.54, 1.807) is 0 Å². The van der Waals surface area contributed by atoms with E-state index in [1.165, 1.54) is 31.5 Å². The Morgan fingerprint density at radius 1 is 1.25 bits per heavy atom. The molecule has 0 spiro atoms. The van der Waals surface area contributed by atoms with Crippen LogP contribution in [0.1, 0.15) is 24.8 Å². The van der Waals surface area contributed by atoms with Gasteiger partial charge >= 0.3 is 0 Å². The van der Waals surface area contributed by atoms with Gasteiger partial charge in [-0.05, 0) is 47.4 Å². The number of nitrogens with zero attached hydrogens (tertiary/aromatic N) is 2. The van der Waals surface area contributed by atoms with Crippen LogP contribution in [0.5, 0.6) is 0 Å². The first-order valence-electron chi connectivity index (χ1n) is 7.24. The van der Waals surface area contributed by atoms with Gasteiger partial charge in [0.1, 0.15) is 4.99 Å². The lowest BCUT2D eigenvalue weighted by Crippen LogP contribution is -2.55. The van der Waals surface area contributed by atoms with E-state index in [0.717, 1.165) is 29.7 Å². The minimum absolute atomic E-state index is 0.471. The van der Waals surface area contributed by atoms with E-state index >= 15 is 0 Å².